The number of alkyl halides is 3. The first-order valence-electron chi connectivity index (χ1n) is 4.94. The van der Waals surface area contributed by atoms with Crippen molar-refractivity contribution in [1.29, 1.82) is 0 Å². The van der Waals surface area contributed by atoms with Gasteiger partial charge >= 0.3 is 6.18 Å². The first kappa shape index (κ1) is 17.7. The van der Waals surface area contributed by atoms with E-state index >= 15 is 0 Å². The Morgan fingerprint density at radius 1 is 1.30 bits per heavy atom. The molecule has 0 radical (unpaired) electrons. The van der Waals surface area contributed by atoms with E-state index in [9.17, 15) is 21.6 Å². The largest absolute Gasteiger partial charge is 0.415 e. The Kier molecular flexibility index (Phi) is 5.46. The summed E-state index contributed by atoms with van der Waals surface area (Å²) >= 11 is 5.93. The molecule has 11 heteroatoms. The summed E-state index contributed by atoms with van der Waals surface area (Å²) in [5, 5.41) is 8.78. The number of anilines is 1. The van der Waals surface area contributed by atoms with Crippen LogP contribution in [0.4, 0.5) is 18.9 Å². The normalized spacial score (nSPS) is 14.3. The second kappa shape index (κ2) is 6.18. The third-order valence-corrected chi connectivity index (χ3v) is 5.43. The highest BCUT2D eigenvalue weighted by atomic mass is 79.9. The molecule has 0 aromatic heterocycles. The molecule has 5 nitrogen and oxygen atoms in total. The smallest absolute Gasteiger partial charge is 0.399 e. The second-order valence-corrected chi connectivity index (χ2v) is 7.14. The van der Waals surface area contributed by atoms with Gasteiger partial charge in [0, 0.05) is 21.2 Å². The van der Waals surface area contributed by atoms with Gasteiger partial charge in [0.1, 0.15) is 4.90 Å². The molecule has 0 aliphatic carbocycles. The van der Waals surface area contributed by atoms with Crippen molar-refractivity contribution in [2.75, 3.05) is 12.3 Å². The molecule has 20 heavy (non-hydrogen) atoms. The minimum atomic E-state index is -4.90. The summed E-state index contributed by atoms with van der Waals surface area (Å²) in [4.78, 5) is -0.305. The van der Waals surface area contributed by atoms with Gasteiger partial charge in [-0.3, -0.25) is 0 Å². The van der Waals surface area contributed by atoms with Crippen molar-refractivity contribution in [3.05, 3.63) is 21.1 Å². The zero-order valence-corrected chi connectivity index (χ0v) is 13.6. The monoisotopic (exact) mass is 440 g/mol. The summed E-state index contributed by atoms with van der Waals surface area (Å²) in [7, 11) is -4.25. The van der Waals surface area contributed by atoms with E-state index in [0.29, 0.717) is 0 Å². The number of hydrogen-bond donors (Lipinski definition) is 3. The number of sulfonamides is 1. The average molecular weight is 442 g/mol. The lowest BCUT2D eigenvalue weighted by molar-refractivity contribution is -0.200. The van der Waals surface area contributed by atoms with Gasteiger partial charge in [0.25, 0.3) is 0 Å². The van der Waals surface area contributed by atoms with Gasteiger partial charge in [-0.15, -0.1) is 0 Å². The quantitative estimate of drug-likeness (QED) is 0.623. The molecule has 1 atom stereocenters. The van der Waals surface area contributed by atoms with Crippen LogP contribution >= 0.6 is 31.9 Å². The maximum absolute atomic E-state index is 12.1. The topological polar surface area (TPSA) is 92.4 Å². The third-order valence-electron chi connectivity index (χ3n) is 2.13. The van der Waals surface area contributed by atoms with Crippen LogP contribution in [0.2, 0.25) is 0 Å². The van der Waals surface area contributed by atoms with Crippen LogP contribution in [-0.4, -0.2) is 32.3 Å². The predicted octanol–water partition coefficient (Wildman–Crippen LogP) is 2.00. The van der Waals surface area contributed by atoms with Gasteiger partial charge in [0.15, 0.2) is 6.10 Å². The maximum Gasteiger partial charge on any atom is 0.415 e. The van der Waals surface area contributed by atoms with Gasteiger partial charge in [-0.25, -0.2) is 13.1 Å². The van der Waals surface area contributed by atoms with Crippen molar-refractivity contribution in [3.8, 4) is 0 Å². The van der Waals surface area contributed by atoms with Crippen LogP contribution in [-0.2, 0) is 10.0 Å². The number of hydrogen-bond acceptors (Lipinski definition) is 4. The highest BCUT2D eigenvalue weighted by molar-refractivity contribution is 9.11. The molecule has 0 bridgehead atoms. The maximum atomic E-state index is 12.1. The van der Waals surface area contributed by atoms with Crippen LogP contribution in [0, 0.1) is 0 Å². The third kappa shape index (κ3) is 4.32. The van der Waals surface area contributed by atoms with Gasteiger partial charge in [-0.05, 0) is 44.0 Å². The first-order valence-corrected chi connectivity index (χ1v) is 8.01. The van der Waals surface area contributed by atoms with E-state index in [0.717, 1.165) is 0 Å². The second-order valence-electron chi connectivity index (χ2n) is 3.72. The number of nitrogen functional groups attached to an aromatic ring is 1. The number of aliphatic hydroxyl groups is 1. The van der Waals surface area contributed by atoms with Crippen LogP contribution in [0.3, 0.4) is 0 Å². The SMILES string of the molecule is Nc1cc(Br)c(S(=O)(=O)NCC(O)C(F)(F)F)c(Br)c1. The van der Waals surface area contributed by atoms with E-state index in [1.807, 2.05) is 0 Å². The Morgan fingerprint density at radius 2 is 1.75 bits per heavy atom. The van der Waals surface area contributed by atoms with Crippen molar-refractivity contribution < 1.29 is 26.7 Å². The van der Waals surface area contributed by atoms with E-state index in [4.69, 9.17) is 10.8 Å². The van der Waals surface area contributed by atoms with E-state index in [2.05, 4.69) is 31.9 Å². The number of aliphatic hydroxyl groups excluding tert-OH is 1. The molecule has 0 saturated heterocycles. The molecule has 0 amide bonds. The Balaban J connectivity index is 3.02. The summed E-state index contributed by atoms with van der Waals surface area (Å²) in [6, 6.07) is 2.58. The highest BCUT2D eigenvalue weighted by Crippen LogP contribution is 2.32. The number of benzene rings is 1. The Morgan fingerprint density at radius 3 is 2.15 bits per heavy atom. The molecule has 0 spiro atoms. The van der Waals surface area contributed by atoms with Crippen molar-refractivity contribution in [3.63, 3.8) is 0 Å². The van der Waals surface area contributed by atoms with E-state index in [1.54, 1.807) is 4.72 Å². The van der Waals surface area contributed by atoms with Crippen LogP contribution in [0.15, 0.2) is 26.0 Å². The summed E-state index contributed by atoms with van der Waals surface area (Å²) in [5.74, 6) is 0. The van der Waals surface area contributed by atoms with Gasteiger partial charge in [-0.1, -0.05) is 0 Å². The Labute approximate surface area is 129 Å². The summed E-state index contributed by atoms with van der Waals surface area (Å²) in [6.07, 6.45) is -7.69. The standard InChI is InChI=1S/C9H9Br2F3N2O3S/c10-5-1-4(15)2-6(11)8(5)20(18,19)16-3-7(17)9(12,13)14/h1-2,7,16-17H,3,15H2. The van der Waals surface area contributed by atoms with Crippen LogP contribution < -0.4 is 10.5 Å². The lowest BCUT2D eigenvalue weighted by Crippen LogP contribution is -2.40. The lowest BCUT2D eigenvalue weighted by atomic mass is 10.3. The van der Waals surface area contributed by atoms with Gasteiger partial charge in [0.2, 0.25) is 10.0 Å². The molecule has 4 N–H and O–H groups in total. The van der Waals surface area contributed by atoms with Crippen molar-refractivity contribution in [2.45, 2.75) is 17.2 Å². The van der Waals surface area contributed by atoms with Crippen LogP contribution in [0.1, 0.15) is 0 Å². The van der Waals surface area contributed by atoms with Gasteiger partial charge in [-0.2, -0.15) is 13.2 Å². The number of rotatable bonds is 4. The van der Waals surface area contributed by atoms with E-state index in [1.165, 1.54) is 12.1 Å². The molecule has 114 valence electrons. The van der Waals surface area contributed by atoms with E-state index in [-0.39, 0.29) is 19.5 Å². The predicted molar refractivity (Wildman–Crippen MR) is 73.5 cm³/mol. The molecule has 0 heterocycles. The average Bonchev–Trinajstić information content (AvgIpc) is 2.22. The number of nitrogens with two attached hydrogens (primary N) is 1. The fourth-order valence-electron chi connectivity index (χ4n) is 1.21. The van der Waals surface area contributed by atoms with Crippen molar-refractivity contribution in [2.24, 2.45) is 0 Å². The fraction of sp³-hybridized carbons (Fsp3) is 0.333. The molecule has 0 fully saturated rings. The Bertz CT molecular complexity index is 584. The molecule has 0 aliphatic heterocycles. The number of halogens is 5. The Hall–Kier alpha value is -0.360. The summed E-state index contributed by atoms with van der Waals surface area (Å²) in [5.41, 5.74) is 5.75. The highest BCUT2D eigenvalue weighted by Gasteiger charge is 2.39. The molecule has 1 rings (SSSR count). The molecule has 1 aromatic rings. The zero-order chi connectivity index (χ0) is 15.7. The zero-order valence-electron chi connectivity index (χ0n) is 9.58. The summed E-state index contributed by atoms with van der Waals surface area (Å²) in [6.45, 7) is -1.19. The number of nitrogens with one attached hydrogen (secondary N) is 1. The van der Waals surface area contributed by atoms with E-state index < -0.39 is 28.8 Å². The molecule has 0 saturated carbocycles. The molecular formula is C9H9Br2F3N2O3S. The van der Waals surface area contributed by atoms with Crippen molar-refractivity contribution in [1.82, 2.24) is 4.72 Å². The van der Waals surface area contributed by atoms with Crippen LogP contribution in [0.25, 0.3) is 0 Å². The first-order chi connectivity index (χ1) is 8.95. The molecule has 0 aliphatic rings. The van der Waals surface area contributed by atoms with Crippen molar-refractivity contribution >= 4 is 47.6 Å². The molecular weight excluding hydrogens is 433 g/mol. The lowest BCUT2D eigenvalue weighted by Gasteiger charge is -2.16. The van der Waals surface area contributed by atoms with Gasteiger partial charge in [0.05, 0.1) is 0 Å². The molecule has 1 aromatic carbocycles. The van der Waals surface area contributed by atoms with Crippen LogP contribution in [0.5, 0.6) is 0 Å². The summed E-state index contributed by atoms with van der Waals surface area (Å²) < 4.78 is 62.1. The van der Waals surface area contributed by atoms with Gasteiger partial charge < -0.3 is 10.8 Å². The minimum absolute atomic E-state index is 0.0818. The fourth-order valence-corrected chi connectivity index (χ4v) is 4.87. The molecule has 1 unspecified atom stereocenters. The minimum Gasteiger partial charge on any atom is -0.399 e.